The first-order chi connectivity index (χ1) is 12.3. The Kier molecular flexibility index (Phi) is 9.16. The number of benzene rings is 1. The third-order valence-electron chi connectivity index (χ3n) is 3.69. The summed E-state index contributed by atoms with van der Waals surface area (Å²) in [6.45, 7) is 3.20. The van der Waals surface area contributed by atoms with Crippen molar-refractivity contribution < 1.29 is 23.9 Å². The van der Waals surface area contributed by atoms with E-state index in [1.807, 2.05) is 13.8 Å². The van der Waals surface area contributed by atoms with Gasteiger partial charge in [0.05, 0.1) is 17.2 Å². The Hall–Kier alpha value is -2.05. The zero-order valence-electron chi connectivity index (χ0n) is 14.8. The van der Waals surface area contributed by atoms with Crippen molar-refractivity contribution in [2.45, 2.75) is 26.3 Å². The van der Waals surface area contributed by atoms with Crippen molar-refractivity contribution in [1.82, 2.24) is 5.32 Å². The molecular formula is C18H21Cl2NO5. The van der Waals surface area contributed by atoms with Crippen LogP contribution in [0, 0.1) is 5.92 Å². The monoisotopic (exact) mass is 401 g/mol. The quantitative estimate of drug-likeness (QED) is 0.533. The van der Waals surface area contributed by atoms with Gasteiger partial charge in [0, 0.05) is 6.08 Å². The molecule has 0 unspecified atom stereocenters. The van der Waals surface area contributed by atoms with E-state index >= 15 is 0 Å². The fourth-order valence-electron chi connectivity index (χ4n) is 1.98. The van der Waals surface area contributed by atoms with Crippen LogP contribution in [0.1, 0.15) is 25.8 Å². The van der Waals surface area contributed by atoms with Gasteiger partial charge in [0.2, 0.25) is 0 Å². The summed E-state index contributed by atoms with van der Waals surface area (Å²) in [6, 6.07) is 4.08. The SMILES string of the molecule is CC[C@@H](C)[C@@H](NC(=O)COC(=O)/C=C/c1ccc(Cl)c(Cl)c1)C(=O)OC. The van der Waals surface area contributed by atoms with Crippen molar-refractivity contribution in [2.75, 3.05) is 13.7 Å². The predicted molar refractivity (Wildman–Crippen MR) is 99.9 cm³/mol. The van der Waals surface area contributed by atoms with Crippen LogP contribution in [0.5, 0.6) is 0 Å². The largest absolute Gasteiger partial charge is 0.467 e. The van der Waals surface area contributed by atoms with Gasteiger partial charge in [-0.2, -0.15) is 0 Å². The Balaban J connectivity index is 2.54. The van der Waals surface area contributed by atoms with E-state index in [2.05, 4.69) is 10.1 Å². The lowest BCUT2D eigenvalue weighted by atomic mass is 9.99. The molecule has 0 radical (unpaired) electrons. The highest BCUT2D eigenvalue weighted by Gasteiger charge is 2.26. The van der Waals surface area contributed by atoms with Crippen LogP contribution >= 0.6 is 23.2 Å². The standard InChI is InChI=1S/C18H21Cl2NO5/c1-4-11(2)17(18(24)25-3)21-15(22)10-26-16(23)8-6-12-5-7-13(19)14(20)9-12/h5-9,11,17H,4,10H2,1-3H3,(H,21,22)/b8-6+/t11-,17-/m1/s1. The third-order valence-corrected chi connectivity index (χ3v) is 4.42. The van der Waals surface area contributed by atoms with Gasteiger partial charge >= 0.3 is 11.9 Å². The van der Waals surface area contributed by atoms with Gasteiger partial charge in [0.15, 0.2) is 6.61 Å². The first-order valence-electron chi connectivity index (χ1n) is 7.95. The number of carbonyl (C=O) groups is 3. The van der Waals surface area contributed by atoms with Crippen LogP contribution in [0.2, 0.25) is 10.0 Å². The summed E-state index contributed by atoms with van der Waals surface area (Å²) in [5.74, 6) is -1.95. The van der Waals surface area contributed by atoms with Gasteiger partial charge in [-0.25, -0.2) is 9.59 Å². The maximum absolute atomic E-state index is 11.9. The first kappa shape index (κ1) is 22.0. The molecule has 0 aliphatic heterocycles. The van der Waals surface area contributed by atoms with Crippen molar-refractivity contribution in [2.24, 2.45) is 5.92 Å². The zero-order chi connectivity index (χ0) is 19.7. The molecule has 1 aromatic carbocycles. The average Bonchev–Trinajstić information content (AvgIpc) is 2.64. The summed E-state index contributed by atoms with van der Waals surface area (Å²) in [5.41, 5.74) is 0.656. The average molecular weight is 402 g/mol. The molecule has 0 bridgehead atoms. The fraction of sp³-hybridized carbons (Fsp3) is 0.389. The smallest absolute Gasteiger partial charge is 0.331 e. The van der Waals surface area contributed by atoms with E-state index in [1.54, 1.807) is 18.2 Å². The van der Waals surface area contributed by atoms with Crippen molar-refractivity contribution >= 4 is 47.1 Å². The van der Waals surface area contributed by atoms with E-state index in [-0.39, 0.29) is 5.92 Å². The number of hydrogen-bond acceptors (Lipinski definition) is 5. The summed E-state index contributed by atoms with van der Waals surface area (Å²) in [5, 5.41) is 3.28. The van der Waals surface area contributed by atoms with E-state index in [1.165, 1.54) is 19.3 Å². The second kappa shape index (κ2) is 10.8. The van der Waals surface area contributed by atoms with Gasteiger partial charge in [0.1, 0.15) is 6.04 Å². The molecule has 6 nitrogen and oxygen atoms in total. The van der Waals surface area contributed by atoms with E-state index in [4.69, 9.17) is 27.9 Å². The maximum atomic E-state index is 11.9. The van der Waals surface area contributed by atoms with Crippen molar-refractivity contribution in [3.63, 3.8) is 0 Å². The number of esters is 2. The lowest BCUT2D eigenvalue weighted by Gasteiger charge is -2.21. The number of rotatable bonds is 8. The lowest BCUT2D eigenvalue weighted by molar-refractivity contribution is -0.148. The van der Waals surface area contributed by atoms with Gasteiger partial charge in [-0.3, -0.25) is 4.79 Å². The van der Waals surface area contributed by atoms with Crippen molar-refractivity contribution in [3.8, 4) is 0 Å². The number of carbonyl (C=O) groups excluding carboxylic acids is 3. The second-order valence-electron chi connectivity index (χ2n) is 5.57. The first-order valence-corrected chi connectivity index (χ1v) is 8.71. The van der Waals surface area contributed by atoms with Crippen LogP contribution in [0.4, 0.5) is 0 Å². The molecule has 0 spiro atoms. The molecule has 0 aliphatic carbocycles. The van der Waals surface area contributed by atoms with Crippen LogP contribution in [0.25, 0.3) is 6.08 Å². The Morgan fingerprint density at radius 2 is 1.92 bits per heavy atom. The number of nitrogens with one attached hydrogen (secondary N) is 1. The molecule has 0 saturated heterocycles. The molecule has 1 aromatic rings. The summed E-state index contributed by atoms with van der Waals surface area (Å²) < 4.78 is 9.53. The summed E-state index contributed by atoms with van der Waals surface area (Å²) in [6.07, 6.45) is 3.32. The number of amides is 1. The highest BCUT2D eigenvalue weighted by molar-refractivity contribution is 6.42. The minimum absolute atomic E-state index is 0.114. The van der Waals surface area contributed by atoms with Crippen molar-refractivity contribution in [1.29, 1.82) is 0 Å². The topological polar surface area (TPSA) is 81.7 Å². The molecule has 142 valence electrons. The van der Waals surface area contributed by atoms with Gasteiger partial charge < -0.3 is 14.8 Å². The van der Waals surface area contributed by atoms with E-state index < -0.39 is 30.5 Å². The third kappa shape index (κ3) is 7.06. The molecule has 2 atom stereocenters. The predicted octanol–water partition coefficient (Wildman–Crippen LogP) is 3.25. The molecule has 8 heteroatoms. The molecule has 0 aliphatic rings. The fourth-order valence-corrected chi connectivity index (χ4v) is 2.28. The minimum atomic E-state index is -0.789. The number of halogens is 2. The Morgan fingerprint density at radius 3 is 2.50 bits per heavy atom. The van der Waals surface area contributed by atoms with Crippen LogP contribution in [-0.2, 0) is 23.9 Å². The molecule has 1 rings (SSSR count). The Labute approximate surface area is 162 Å². The number of hydrogen-bond donors (Lipinski definition) is 1. The van der Waals surface area contributed by atoms with E-state index in [0.717, 1.165) is 0 Å². The number of methoxy groups -OCH3 is 1. The van der Waals surface area contributed by atoms with Gasteiger partial charge in [0.25, 0.3) is 5.91 Å². The van der Waals surface area contributed by atoms with E-state index in [9.17, 15) is 14.4 Å². The molecule has 1 N–H and O–H groups in total. The zero-order valence-corrected chi connectivity index (χ0v) is 16.3. The van der Waals surface area contributed by atoms with Gasteiger partial charge in [-0.1, -0.05) is 49.5 Å². The van der Waals surface area contributed by atoms with Crippen LogP contribution < -0.4 is 5.32 Å². The van der Waals surface area contributed by atoms with E-state index in [0.29, 0.717) is 22.0 Å². The summed E-state index contributed by atoms with van der Waals surface area (Å²) in [4.78, 5) is 35.3. The highest BCUT2D eigenvalue weighted by Crippen LogP contribution is 2.23. The lowest BCUT2D eigenvalue weighted by Crippen LogP contribution is -2.47. The normalized spacial score (nSPS) is 13.1. The molecule has 0 heterocycles. The molecular weight excluding hydrogens is 381 g/mol. The summed E-state index contributed by atoms with van der Waals surface area (Å²) >= 11 is 11.7. The Bertz CT molecular complexity index is 690. The van der Waals surface area contributed by atoms with Crippen molar-refractivity contribution in [3.05, 3.63) is 39.9 Å². The molecule has 1 amide bonds. The highest BCUT2D eigenvalue weighted by atomic mass is 35.5. The molecule has 0 aromatic heterocycles. The molecule has 0 fully saturated rings. The van der Waals surface area contributed by atoms with Gasteiger partial charge in [-0.15, -0.1) is 0 Å². The van der Waals surface area contributed by atoms with Gasteiger partial charge in [-0.05, 0) is 29.7 Å². The van der Waals surface area contributed by atoms with Crippen LogP contribution in [0.15, 0.2) is 24.3 Å². The van der Waals surface area contributed by atoms with Crippen LogP contribution in [-0.4, -0.2) is 37.6 Å². The molecule has 0 saturated carbocycles. The Morgan fingerprint density at radius 1 is 1.23 bits per heavy atom. The maximum Gasteiger partial charge on any atom is 0.331 e. The minimum Gasteiger partial charge on any atom is -0.467 e. The number of ether oxygens (including phenoxy) is 2. The molecule has 26 heavy (non-hydrogen) atoms. The summed E-state index contributed by atoms with van der Waals surface area (Å²) in [7, 11) is 1.25. The second-order valence-corrected chi connectivity index (χ2v) is 6.38. The van der Waals surface area contributed by atoms with Crippen LogP contribution in [0.3, 0.4) is 0 Å².